The molecule has 16 heavy (non-hydrogen) atoms. The molecule has 0 bridgehead atoms. The van der Waals surface area contributed by atoms with Gasteiger partial charge in [0, 0.05) is 12.6 Å². The molecule has 0 aromatic heterocycles. The summed E-state index contributed by atoms with van der Waals surface area (Å²) < 4.78 is 13.6. The van der Waals surface area contributed by atoms with Gasteiger partial charge in [-0.05, 0) is 28.4 Å². The average molecular weight is 291 g/mol. The lowest BCUT2D eigenvalue weighted by Crippen LogP contribution is -2.19. The van der Waals surface area contributed by atoms with Gasteiger partial charge in [-0.3, -0.25) is 0 Å². The number of hydrogen-bond donors (Lipinski definition) is 3. The van der Waals surface area contributed by atoms with Crippen LogP contribution >= 0.6 is 15.9 Å². The highest BCUT2D eigenvalue weighted by Crippen LogP contribution is 2.26. The van der Waals surface area contributed by atoms with Gasteiger partial charge in [0.25, 0.3) is 0 Å². The molecular formula is C11H16BrFN2O. The molecule has 0 aliphatic heterocycles. The number of aliphatic hydroxyl groups excluding tert-OH is 1. The van der Waals surface area contributed by atoms with Crippen molar-refractivity contribution in [3.63, 3.8) is 0 Å². The zero-order chi connectivity index (χ0) is 12.1. The zero-order valence-corrected chi connectivity index (χ0v) is 10.7. The molecule has 1 rings (SSSR count). The van der Waals surface area contributed by atoms with Crippen molar-refractivity contribution in [2.75, 3.05) is 17.6 Å². The Kier molecular flexibility index (Phi) is 5.02. The molecule has 3 nitrogen and oxygen atoms in total. The van der Waals surface area contributed by atoms with Gasteiger partial charge < -0.3 is 16.2 Å². The minimum atomic E-state index is -0.434. The fourth-order valence-corrected chi connectivity index (χ4v) is 1.74. The second-order valence-corrected chi connectivity index (χ2v) is 4.53. The van der Waals surface area contributed by atoms with Crippen LogP contribution in [0.25, 0.3) is 0 Å². The summed E-state index contributed by atoms with van der Waals surface area (Å²) in [5.74, 6) is -0.373. The van der Waals surface area contributed by atoms with Crippen LogP contribution in [0, 0.1) is 5.82 Å². The normalized spacial score (nSPS) is 12.5. The highest BCUT2D eigenvalue weighted by molar-refractivity contribution is 9.10. The summed E-state index contributed by atoms with van der Waals surface area (Å²) in [4.78, 5) is 0. The van der Waals surface area contributed by atoms with Crippen molar-refractivity contribution in [3.05, 3.63) is 22.4 Å². The summed E-state index contributed by atoms with van der Waals surface area (Å²) in [6.45, 7) is 2.37. The lowest BCUT2D eigenvalue weighted by atomic mass is 10.2. The summed E-state index contributed by atoms with van der Waals surface area (Å²) in [5.41, 5.74) is 6.68. The second-order valence-electron chi connectivity index (χ2n) is 3.68. The van der Waals surface area contributed by atoms with Gasteiger partial charge in [-0.15, -0.1) is 0 Å². The van der Waals surface area contributed by atoms with Crippen LogP contribution in [0.4, 0.5) is 15.8 Å². The van der Waals surface area contributed by atoms with E-state index in [1.54, 1.807) is 0 Å². The van der Waals surface area contributed by atoms with Crippen molar-refractivity contribution >= 4 is 27.3 Å². The first-order valence-corrected chi connectivity index (χ1v) is 6.00. The van der Waals surface area contributed by atoms with Crippen LogP contribution in [0.3, 0.4) is 0 Å². The number of nitrogen functional groups attached to an aromatic ring is 1. The molecule has 0 aliphatic rings. The fraction of sp³-hybridized carbons (Fsp3) is 0.455. The van der Waals surface area contributed by atoms with Crippen molar-refractivity contribution in [3.8, 4) is 0 Å². The standard InChI is InChI=1S/C11H16BrFN2O/c1-2-3-7(16)6-15-11-5-9(13)8(12)4-10(11)14/h4-5,7,15-16H,2-3,6,14H2,1H3. The summed E-state index contributed by atoms with van der Waals surface area (Å²) in [5, 5.41) is 12.4. The van der Waals surface area contributed by atoms with E-state index < -0.39 is 6.10 Å². The predicted molar refractivity (Wildman–Crippen MR) is 67.9 cm³/mol. The van der Waals surface area contributed by atoms with E-state index in [1.165, 1.54) is 12.1 Å². The van der Waals surface area contributed by atoms with Crippen molar-refractivity contribution in [1.82, 2.24) is 0 Å². The molecule has 0 saturated heterocycles. The van der Waals surface area contributed by atoms with Crippen LogP contribution in [0.2, 0.25) is 0 Å². The third-order valence-corrected chi connectivity index (χ3v) is 2.85. The van der Waals surface area contributed by atoms with E-state index in [1.807, 2.05) is 6.92 Å². The van der Waals surface area contributed by atoms with Gasteiger partial charge in [-0.25, -0.2) is 4.39 Å². The molecule has 1 unspecified atom stereocenters. The first-order valence-electron chi connectivity index (χ1n) is 5.21. The topological polar surface area (TPSA) is 58.3 Å². The molecule has 0 aliphatic carbocycles. The smallest absolute Gasteiger partial charge is 0.139 e. The Balaban J connectivity index is 2.63. The largest absolute Gasteiger partial charge is 0.397 e. The van der Waals surface area contributed by atoms with Crippen molar-refractivity contribution in [1.29, 1.82) is 0 Å². The number of halogens is 2. The zero-order valence-electron chi connectivity index (χ0n) is 9.13. The Morgan fingerprint density at radius 1 is 1.56 bits per heavy atom. The maximum Gasteiger partial charge on any atom is 0.139 e. The van der Waals surface area contributed by atoms with Gasteiger partial charge in [0.15, 0.2) is 0 Å². The SMILES string of the molecule is CCCC(O)CNc1cc(F)c(Br)cc1N. The third kappa shape index (κ3) is 3.64. The summed E-state index contributed by atoms with van der Waals surface area (Å²) in [6, 6.07) is 2.82. The summed E-state index contributed by atoms with van der Waals surface area (Å²) in [7, 11) is 0. The Morgan fingerprint density at radius 2 is 2.25 bits per heavy atom. The van der Waals surface area contributed by atoms with E-state index in [9.17, 15) is 9.50 Å². The molecule has 0 fully saturated rings. The molecule has 90 valence electrons. The lowest BCUT2D eigenvalue weighted by molar-refractivity contribution is 0.176. The Bertz CT molecular complexity index is 360. The number of nitrogens with one attached hydrogen (secondary N) is 1. The number of rotatable bonds is 5. The molecule has 1 aromatic rings. The number of aliphatic hydroxyl groups is 1. The molecular weight excluding hydrogens is 275 g/mol. The van der Waals surface area contributed by atoms with Crippen LogP contribution in [-0.4, -0.2) is 17.8 Å². The van der Waals surface area contributed by atoms with Gasteiger partial charge >= 0.3 is 0 Å². The highest BCUT2D eigenvalue weighted by Gasteiger charge is 2.07. The number of nitrogens with two attached hydrogens (primary N) is 1. The van der Waals surface area contributed by atoms with Crippen LogP contribution in [0.15, 0.2) is 16.6 Å². The second kappa shape index (κ2) is 6.06. The van der Waals surface area contributed by atoms with Crippen LogP contribution in [0.5, 0.6) is 0 Å². The monoisotopic (exact) mass is 290 g/mol. The Hall–Kier alpha value is -0.810. The number of anilines is 2. The Labute approximate surface area is 103 Å². The Morgan fingerprint density at radius 3 is 2.88 bits per heavy atom. The van der Waals surface area contributed by atoms with Gasteiger partial charge in [0.05, 0.1) is 22.0 Å². The molecule has 0 heterocycles. The summed E-state index contributed by atoms with van der Waals surface area (Å²) >= 11 is 3.05. The highest BCUT2D eigenvalue weighted by atomic mass is 79.9. The van der Waals surface area contributed by atoms with E-state index in [4.69, 9.17) is 5.73 Å². The van der Waals surface area contributed by atoms with Gasteiger partial charge in [-0.2, -0.15) is 0 Å². The molecule has 5 heteroatoms. The first kappa shape index (κ1) is 13.3. The van der Waals surface area contributed by atoms with Gasteiger partial charge in [-0.1, -0.05) is 13.3 Å². The van der Waals surface area contributed by atoms with E-state index in [0.717, 1.165) is 6.42 Å². The van der Waals surface area contributed by atoms with Crippen molar-refractivity contribution in [2.45, 2.75) is 25.9 Å². The number of hydrogen-bond acceptors (Lipinski definition) is 3. The van der Waals surface area contributed by atoms with Crippen LogP contribution < -0.4 is 11.1 Å². The summed E-state index contributed by atoms with van der Waals surface area (Å²) in [6.07, 6.45) is 1.19. The molecule has 4 N–H and O–H groups in total. The van der Waals surface area contributed by atoms with E-state index in [2.05, 4.69) is 21.2 Å². The van der Waals surface area contributed by atoms with Crippen molar-refractivity contribution < 1.29 is 9.50 Å². The van der Waals surface area contributed by atoms with Gasteiger partial charge in [0.1, 0.15) is 5.82 Å². The van der Waals surface area contributed by atoms with E-state index in [-0.39, 0.29) is 5.82 Å². The first-order chi connectivity index (χ1) is 7.54. The van der Waals surface area contributed by atoms with Crippen LogP contribution in [-0.2, 0) is 0 Å². The van der Waals surface area contributed by atoms with Gasteiger partial charge in [0.2, 0.25) is 0 Å². The lowest BCUT2D eigenvalue weighted by Gasteiger charge is -2.13. The third-order valence-electron chi connectivity index (χ3n) is 2.24. The molecule has 1 aromatic carbocycles. The fourth-order valence-electron chi connectivity index (χ4n) is 1.38. The minimum Gasteiger partial charge on any atom is -0.397 e. The quantitative estimate of drug-likeness (QED) is 0.731. The molecule has 0 amide bonds. The molecule has 0 spiro atoms. The maximum atomic E-state index is 13.2. The minimum absolute atomic E-state index is 0.338. The van der Waals surface area contributed by atoms with Crippen molar-refractivity contribution in [2.24, 2.45) is 0 Å². The average Bonchev–Trinajstić information content (AvgIpc) is 2.22. The van der Waals surface area contributed by atoms with Crippen LogP contribution in [0.1, 0.15) is 19.8 Å². The molecule has 0 radical (unpaired) electrons. The number of benzene rings is 1. The maximum absolute atomic E-state index is 13.2. The molecule has 0 saturated carbocycles. The van der Waals surface area contributed by atoms with E-state index >= 15 is 0 Å². The molecule has 1 atom stereocenters. The van der Waals surface area contributed by atoms with E-state index in [0.29, 0.717) is 28.8 Å². The predicted octanol–water partition coefficient (Wildman–Crippen LogP) is 2.74.